The first kappa shape index (κ1) is 10.8. The summed E-state index contributed by atoms with van der Waals surface area (Å²) in [6, 6.07) is 0. The number of aliphatic hydroxyl groups excluding tert-OH is 1. The van der Waals surface area contributed by atoms with Gasteiger partial charge in [-0.3, -0.25) is 0 Å². The van der Waals surface area contributed by atoms with E-state index < -0.39 is 0 Å². The maximum absolute atomic E-state index is 10.5. The molecule has 4 aliphatic rings. The molecule has 6 atom stereocenters. The first-order valence-corrected chi connectivity index (χ1v) is 6.82. The van der Waals surface area contributed by atoms with Gasteiger partial charge in [0.05, 0.1) is 6.10 Å². The van der Waals surface area contributed by atoms with Crippen molar-refractivity contribution in [1.82, 2.24) is 0 Å². The normalized spacial score (nSPS) is 54.6. The minimum absolute atomic E-state index is 0.0662. The minimum atomic E-state index is -0.0662. The van der Waals surface area contributed by atoms with Crippen molar-refractivity contribution >= 4 is 0 Å². The second kappa shape index (κ2) is 3.13. The van der Waals surface area contributed by atoms with Gasteiger partial charge < -0.3 is 5.11 Å². The fourth-order valence-electron chi connectivity index (χ4n) is 5.20. The van der Waals surface area contributed by atoms with E-state index in [4.69, 9.17) is 0 Å². The van der Waals surface area contributed by atoms with Crippen molar-refractivity contribution in [1.29, 1.82) is 0 Å². The average molecular weight is 220 g/mol. The van der Waals surface area contributed by atoms with Crippen LogP contribution in [0.5, 0.6) is 0 Å². The van der Waals surface area contributed by atoms with Gasteiger partial charge in [-0.2, -0.15) is 0 Å². The molecule has 4 aliphatic carbocycles. The van der Waals surface area contributed by atoms with Gasteiger partial charge in [-0.15, -0.1) is 0 Å². The molecule has 0 aromatic carbocycles. The summed E-state index contributed by atoms with van der Waals surface area (Å²) in [7, 11) is 0. The van der Waals surface area contributed by atoms with Gasteiger partial charge in [0.1, 0.15) is 0 Å². The molecule has 4 bridgehead atoms. The summed E-state index contributed by atoms with van der Waals surface area (Å²) in [5, 5.41) is 10.5. The number of rotatable bonds is 1. The largest absolute Gasteiger partial charge is 0.393 e. The molecule has 90 valence electrons. The van der Waals surface area contributed by atoms with Crippen LogP contribution in [-0.2, 0) is 0 Å². The monoisotopic (exact) mass is 220 g/mol. The van der Waals surface area contributed by atoms with Crippen molar-refractivity contribution in [2.45, 2.75) is 46.6 Å². The second-order valence-corrected chi connectivity index (χ2v) is 6.87. The molecule has 1 heteroatoms. The summed E-state index contributed by atoms with van der Waals surface area (Å²) in [6.07, 6.45) is 4.61. The standard InChI is InChI=1S/C15H24O/c1-8(2)10-7-12(16)15(4)11-6-5-9(3)14(15)13(10)11/h5,8,10-14,16H,6-7H2,1-4H3/t10-,11?,12-,13?,14+,15?/m0/s1. The van der Waals surface area contributed by atoms with Crippen LogP contribution in [0, 0.1) is 35.0 Å². The molecule has 0 aromatic heterocycles. The third kappa shape index (κ3) is 1.01. The Balaban J connectivity index is 2.00. The highest BCUT2D eigenvalue weighted by Crippen LogP contribution is 2.71. The molecular weight excluding hydrogens is 196 g/mol. The van der Waals surface area contributed by atoms with Crippen LogP contribution >= 0.6 is 0 Å². The predicted molar refractivity (Wildman–Crippen MR) is 65.9 cm³/mol. The Morgan fingerprint density at radius 1 is 1.44 bits per heavy atom. The van der Waals surface area contributed by atoms with E-state index in [0.717, 1.165) is 30.1 Å². The predicted octanol–water partition coefficient (Wildman–Crippen LogP) is 3.24. The van der Waals surface area contributed by atoms with Gasteiger partial charge >= 0.3 is 0 Å². The number of hydrogen-bond donors (Lipinski definition) is 1. The summed E-state index contributed by atoms with van der Waals surface area (Å²) in [6.45, 7) is 9.26. The summed E-state index contributed by atoms with van der Waals surface area (Å²) in [5.41, 5.74) is 1.77. The molecule has 3 unspecified atom stereocenters. The number of allylic oxidation sites excluding steroid dienone is 2. The average Bonchev–Trinajstić information content (AvgIpc) is 2.21. The zero-order valence-electron chi connectivity index (χ0n) is 10.9. The fraction of sp³-hybridized carbons (Fsp3) is 0.867. The van der Waals surface area contributed by atoms with E-state index in [1.165, 1.54) is 6.42 Å². The molecular formula is C15H24O. The molecule has 4 rings (SSSR count). The van der Waals surface area contributed by atoms with Crippen molar-refractivity contribution < 1.29 is 5.11 Å². The third-order valence-corrected chi connectivity index (χ3v) is 6.07. The van der Waals surface area contributed by atoms with Crippen LogP contribution in [0.3, 0.4) is 0 Å². The van der Waals surface area contributed by atoms with Gasteiger partial charge in [-0.1, -0.05) is 32.4 Å². The Morgan fingerprint density at radius 3 is 2.69 bits per heavy atom. The molecule has 0 amide bonds. The Bertz CT molecular complexity index is 343. The highest BCUT2D eigenvalue weighted by atomic mass is 16.3. The Labute approximate surface area is 98.9 Å². The van der Waals surface area contributed by atoms with Gasteiger partial charge in [0.25, 0.3) is 0 Å². The van der Waals surface area contributed by atoms with Crippen molar-refractivity contribution in [3.05, 3.63) is 11.6 Å². The van der Waals surface area contributed by atoms with E-state index in [-0.39, 0.29) is 11.5 Å². The summed E-state index contributed by atoms with van der Waals surface area (Å²) in [4.78, 5) is 0. The van der Waals surface area contributed by atoms with Gasteiger partial charge in [0, 0.05) is 5.41 Å². The quantitative estimate of drug-likeness (QED) is 0.673. The lowest BCUT2D eigenvalue weighted by Crippen LogP contribution is -2.69. The summed E-state index contributed by atoms with van der Waals surface area (Å²) < 4.78 is 0. The molecule has 1 nitrogen and oxygen atoms in total. The molecule has 0 aromatic rings. The van der Waals surface area contributed by atoms with Crippen LogP contribution in [0.25, 0.3) is 0 Å². The van der Waals surface area contributed by atoms with Crippen molar-refractivity contribution in [2.24, 2.45) is 35.0 Å². The van der Waals surface area contributed by atoms with E-state index in [9.17, 15) is 5.11 Å². The van der Waals surface area contributed by atoms with E-state index in [0.29, 0.717) is 5.92 Å². The van der Waals surface area contributed by atoms with E-state index in [1.54, 1.807) is 5.57 Å². The number of aliphatic hydroxyl groups is 1. The lowest BCUT2D eigenvalue weighted by atomic mass is 9.34. The number of hydrogen-bond acceptors (Lipinski definition) is 1. The van der Waals surface area contributed by atoms with E-state index >= 15 is 0 Å². The molecule has 0 aliphatic heterocycles. The van der Waals surface area contributed by atoms with Crippen LogP contribution in [-0.4, -0.2) is 11.2 Å². The topological polar surface area (TPSA) is 20.2 Å². The maximum Gasteiger partial charge on any atom is 0.0605 e. The molecule has 0 spiro atoms. The summed E-state index contributed by atoms with van der Waals surface area (Å²) >= 11 is 0. The molecule has 2 fully saturated rings. The van der Waals surface area contributed by atoms with E-state index in [1.807, 2.05) is 0 Å². The Morgan fingerprint density at radius 2 is 2.12 bits per heavy atom. The lowest BCUT2D eigenvalue weighted by Gasteiger charge is -2.71. The van der Waals surface area contributed by atoms with E-state index in [2.05, 4.69) is 33.8 Å². The van der Waals surface area contributed by atoms with Crippen LogP contribution in [0.4, 0.5) is 0 Å². The Hall–Kier alpha value is -0.300. The highest BCUT2D eigenvalue weighted by molar-refractivity contribution is 5.30. The summed E-state index contributed by atoms with van der Waals surface area (Å²) in [5.74, 6) is 3.79. The fourth-order valence-corrected chi connectivity index (χ4v) is 5.20. The lowest BCUT2D eigenvalue weighted by molar-refractivity contribution is -0.241. The molecule has 1 N–H and O–H groups in total. The van der Waals surface area contributed by atoms with Gasteiger partial charge in [-0.25, -0.2) is 0 Å². The van der Waals surface area contributed by atoms with Gasteiger partial charge in [0.2, 0.25) is 0 Å². The van der Waals surface area contributed by atoms with Crippen molar-refractivity contribution in [2.75, 3.05) is 0 Å². The zero-order valence-corrected chi connectivity index (χ0v) is 10.9. The first-order valence-electron chi connectivity index (χ1n) is 6.82. The smallest absolute Gasteiger partial charge is 0.0605 e. The molecule has 16 heavy (non-hydrogen) atoms. The van der Waals surface area contributed by atoms with Crippen LogP contribution < -0.4 is 0 Å². The third-order valence-electron chi connectivity index (χ3n) is 6.07. The van der Waals surface area contributed by atoms with Crippen molar-refractivity contribution in [3.63, 3.8) is 0 Å². The van der Waals surface area contributed by atoms with Crippen LogP contribution in [0.2, 0.25) is 0 Å². The molecule has 2 saturated carbocycles. The zero-order chi connectivity index (χ0) is 11.7. The number of fused-ring (bicyclic) bond motifs is 1. The van der Waals surface area contributed by atoms with Gasteiger partial charge in [0.15, 0.2) is 0 Å². The van der Waals surface area contributed by atoms with Crippen molar-refractivity contribution in [3.8, 4) is 0 Å². The van der Waals surface area contributed by atoms with Crippen LogP contribution in [0.15, 0.2) is 11.6 Å². The maximum atomic E-state index is 10.5. The van der Waals surface area contributed by atoms with Gasteiger partial charge in [-0.05, 0) is 49.4 Å². The van der Waals surface area contributed by atoms with Crippen LogP contribution in [0.1, 0.15) is 40.5 Å². The second-order valence-electron chi connectivity index (χ2n) is 6.87. The molecule has 0 radical (unpaired) electrons. The Kier molecular flexibility index (Phi) is 2.12. The molecule has 0 heterocycles. The molecule has 0 saturated heterocycles. The minimum Gasteiger partial charge on any atom is -0.393 e. The first-order chi connectivity index (χ1) is 7.48. The SMILES string of the molecule is CC1=CCC2C3[C@H](C(C)C)C[C@H](O)C2(C)[C@H]13. The highest BCUT2D eigenvalue weighted by Gasteiger charge is 2.68.